The second-order valence-corrected chi connectivity index (χ2v) is 4.75. The van der Waals surface area contributed by atoms with Crippen LogP contribution in [0.25, 0.3) is 0 Å². The maximum absolute atomic E-state index is 6.33. The molecule has 0 fully saturated rings. The minimum atomic E-state index is 0.310. The van der Waals surface area contributed by atoms with Gasteiger partial charge in [-0.05, 0) is 38.6 Å². The second-order valence-electron chi connectivity index (χ2n) is 4.34. The highest BCUT2D eigenvalue weighted by Crippen LogP contribution is 2.28. The van der Waals surface area contributed by atoms with Crippen molar-refractivity contribution < 1.29 is 4.74 Å². The van der Waals surface area contributed by atoms with E-state index in [-0.39, 0.29) is 0 Å². The molecule has 0 saturated heterocycles. The molecule has 0 amide bonds. The van der Waals surface area contributed by atoms with E-state index in [2.05, 4.69) is 29.3 Å². The molecule has 0 aliphatic heterocycles. The van der Waals surface area contributed by atoms with Gasteiger partial charge in [-0.1, -0.05) is 17.7 Å². The van der Waals surface area contributed by atoms with Crippen molar-refractivity contribution in [1.29, 1.82) is 0 Å². The van der Waals surface area contributed by atoms with Crippen molar-refractivity contribution in [3.8, 4) is 0 Å². The van der Waals surface area contributed by atoms with E-state index in [1.807, 2.05) is 27.1 Å². The Labute approximate surface area is 115 Å². The quantitative estimate of drug-likeness (QED) is 0.771. The number of hydrogen-bond donors (Lipinski definition) is 1. The smallest absolute Gasteiger partial charge is 0.0642 e. The zero-order chi connectivity index (χ0) is 13.5. The van der Waals surface area contributed by atoms with Gasteiger partial charge in [-0.15, -0.1) is 0 Å². The largest absolute Gasteiger partial charge is 0.380 e. The Morgan fingerprint density at radius 1 is 1.44 bits per heavy atom. The van der Waals surface area contributed by atoms with Gasteiger partial charge in [-0.2, -0.15) is 0 Å². The molecule has 102 valence electrons. The van der Waals surface area contributed by atoms with Crippen molar-refractivity contribution in [1.82, 2.24) is 5.32 Å². The van der Waals surface area contributed by atoms with Crippen molar-refractivity contribution in [2.75, 3.05) is 38.8 Å². The van der Waals surface area contributed by atoms with Gasteiger partial charge in [0.1, 0.15) is 0 Å². The molecule has 0 spiro atoms. The van der Waals surface area contributed by atoms with Gasteiger partial charge in [0.25, 0.3) is 0 Å². The molecule has 0 bridgehead atoms. The molecule has 0 aliphatic carbocycles. The molecule has 18 heavy (non-hydrogen) atoms. The molecular weight excluding hydrogens is 248 g/mol. The molecule has 3 nitrogen and oxygen atoms in total. The Bertz CT molecular complexity index is 371. The van der Waals surface area contributed by atoms with Gasteiger partial charge in [-0.25, -0.2) is 0 Å². The molecule has 1 atom stereocenters. The van der Waals surface area contributed by atoms with Crippen molar-refractivity contribution in [3.05, 3.63) is 28.8 Å². The number of nitrogens with zero attached hydrogens (tertiary/aromatic N) is 1. The maximum Gasteiger partial charge on any atom is 0.0642 e. The maximum atomic E-state index is 6.33. The normalized spacial score (nSPS) is 12.5. The Morgan fingerprint density at radius 3 is 2.72 bits per heavy atom. The molecule has 0 heterocycles. The van der Waals surface area contributed by atoms with Gasteiger partial charge in [0.05, 0.1) is 17.3 Å². The highest BCUT2D eigenvalue weighted by atomic mass is 35.5. The third kappa shape index (κ3) is 4.16. The summed E-state index contributed by atoms with van der Waals surface area (Å²) in [7, 11) is 3.97. The lowest BCUT2D eigenvalue weighted by Crippen LogP contribution is -2.23. The van der Waals surface area contributed by atoms with E-state index in [4.69, 9.17) is 16.3 Å². The van der Waals surface area contributed by atoms with Crippen LogP contribution in [0.4, 0.5) is 5.69 Å². The molecule has 1 N–H and O–H groups in total. The van der Waals surface area contributed by atoms with Gasteiger partial charge >= 0.3 is 0 Å². The fraction of sp³-hybridized carbons (Fsp3) is 0.571. The second kappa shape index (κ2) is 7.62. The number of hydrogen-bond acceptors (Lipinski definition) is 3. The van der Waals surface area contributed by atoms with Crippen LogP contribution in [0.2, 0.25) is 5.02 Å². The van der Waals surface area contributed by atoms with Crippen molar-refractivity contribution in [2.24, 2.45) is 0 Å². The summed E-state index contributed by atoms with van der Waals surface area (Å²) in [6, 6.07) is 6.51. The lowest BCUT2D eigenvalue weighted by molar-refractivity contribution is 0.154. The lowest BCUT2D eigenvalue weighted by Gasteiger charge is -2.21. The first-order chi connectivity index (χ1) is 8.60. The van der Waals surface area contributed by atoms with Gasteiger partial charge in [0.2, 0.25) is 0 Å². The predicted molar refractivity (Wildman–Crippen MR) is 78.7 cm³/mol. The first-order valence-corrected chi connectivity index (χ1v) is 6.73. The number of rotatable bonds is 7. The summed E-state index contributed by atoms with van der Waals surface area (Å²) < 4.78 is 5.35. The monoisotopic (exact) mass is 270 g/mol. The van der Waals surface area contributed by atoms with Crippen LogP contribution in [-0.4, -0.2) is 33.9 Å². The molecule has 0 radical (unpaired) electrons. The molecule has 0 saturated carbocycles. The van der Waals surface area contributed by atoms with E-state index in [1.54, 1.807) is 0 Å². The van der Waals surface area contributed by atoms with Crippen LogP contribution in [0.3, 0.4) is 0 Å². The topological polar surface area (TPSA) is 24.5 Å². The van der Waals surface area contributed by atoms with Gasteiger partial charge in [0, 0.05) is 26.2 Å². The van der Waals surface area contributed by atoms with Crippen LogP contribution in [0.15, 0.2) is 18.2 Å². The molecule has 1 aromatic rings. The minimum absolute atomic E-state index is 0.310. The average Bonchev–Trinajstić information content (AvgIpc) is 2.37. The summed E-state index contributed by atoms with van der Waals surface area (Å²) in [5.74, 6) is 0. The Kier molecular flexibility index (Phi) is 6.47. The molecule has 1 rings (SSSR count). The summed E-state index contributed by atoms with van der Waals surface area (Å²) in [6.07, 6.45) is 0. The summed E-state index contributed by atoms with van der Waals surface area (Å²) in [5.41, 5.74) is 2.24. The Balaban J connectivity index is 2.72. The van der Waals surface area contributed by atoms with Crippen molar-refractivity contribution in [3.63, 3.8) is 0 Å². The van der Waals surface area contributed by atoms with Crippen LogP contribution in [0, 0.1) is 0 Å². The molecule has 1 unspecified atom stereocenters. The number of likely N-dealkylation sites (N-methyl/N-ethyl adjacent to an activating group) is 1. The molecule has 0 aromatic heterocycles. The van der Waals surface area contributed by atoms with E-state index in [0.29, 0.717) is 6.04 Å². The average molecular weight is 271 g/mol. The van der Waals surface area contributed by atoms with Gasteiger partial charge in [-0.3, -0.25) is 0 Å². The minimum Gasteiger partial charge on any atom is -0.380 e. The van der Waals surface area contributed by atoms with Crippen LogP contribution >= 0.6 is 11.6 Å². The zero-order valence-electron chi connectivity index (χ0n) is 11.7. The molecule has 0 aliphatic rings. The molecule has 4 heteroatoms. The lowest BCUT2D eigenvalue weighted by atomic mass is 10.1. The number of halogens is 1. The highest BCUT2D eigenvalue weighted by Gasteiger charge is 2.09. The van der Waals surface area contributed by atoms with Crippen LogP contribution in [0.5, 0.6) is 0 Å². The number of anilines is 1. The van der Waals surface area contributed by atoms with Crippen molar-refractivity contribution >= 4 is 17.3 Å². The SMILES string of the molecule is CCOCCN(C)c1ccc(C(C)NC)cc1Cl. The van der Waals surface area contributed by atoms with Crippen LogP contribution in [-0.2, 0) is 4.74 Å². The van der Waals surface area contributed by atoms with E-state index in [0.717, 1.165) is 30.5 Å². The van der Waals surface area contributed by atoms with Gasteiger partial charge in [0.15, 0.2) is 0 Å². The third-order valence-electron chi connectivity index (χ3n) is 3.09. The highest BCUT2D eigenvalue weighted by molar-refractivity contribution is 6.33. The Hall–Kier alpha value is -0.770. The first kappa shape index (κ1) is 15.3. The van der Waals surface area contributed by atoms with Crippen LogP contribution in [0.1, 0.15) is 25.5 Å². The van der Waals surface area contributed by atoms with Gasteiger partial charge < -0.3 is 15.0 Å². The molecule has 1 aromatic carbocycles. The van der Waals surface area contributed by atoms with E-state index in [1.165, 1.54) is 5.56 Å². The van der Waals surface area contributed by atoms with E-state index >= 15 is 0 Å². The van der Waals surface area contributed by atoms with E-state index < -0.39 is 0 Å². The molecular formula is C14H23ClN2O. The number of nitrogens with one attached hydrogen (secondary N) is 1. The summed E-state index contributed by atoms with van der Waals surface area (Å²) >= 11 is 6.33. The Morgan fingerprint density at radius 2 is 2.17 bits per heavy atom. The first-order valence-electron chi connectivity index (χ1n) is 6.35. The summed E-state index contributed by atoms with van der Waals surface area (Å²) in [5, 5.41) is 3.99. The number of benzene rings is 1. The summed E-state index contributed by atoms with van der Waals surface area (Å²) in [4.78, 5) is 2.12. The zero-order valence-corrected chi connectivity index (χ0v) is 12.4. The van der Waals surface area contributed by atoms with Crippen LogP contribution < -0.4 is 10.2 Å². The summed E-state index contributed by atoms with van der Waals surface area (Å²) in [6.45, 7) is 6.43. The van der Waals surface area contributed by atoms with Crippen molar-refractivity contribution in [2.45, 2.75) is 19.9 Å². The fourth-order valence-electron chi connectivity index (χ4n) is 1.73. The standard InChI is InChI=1S/C14H23ClN2O/c1-5-18-9-8-17(4)14-7-6-12(10-13(14)15)11(2)16-3/h6-7,10-11,16H,5,8-9H2,1-4H3. The van der Waals surface area contributed by atoms with E-state index in [9.17, 15) is 0 Å². The number of ether oxygens (including phenoxy) is 1. The fourth-order valence-corrected chi connectivity index (χ4v) is 2.07. The third-order valence-corrected chi connectivity index (χ3v) is 3.39. The predicted octanol–water partition coefficient (Wildman–Crippen LogP) is 3.09.